The molecule has 0 bridgehead atoms. The largest absolute Gasteiger partial charge is 0.507 e. The number of hydrogen-bond acceptors (Lipinski definition) is 8. The minimum atomic E-state index is -0.916. The summed E-state index contributed by atoms with van der Waals surface area (Å²) in [7, 11) is 2.27. The third-order valence-corrected chi connectivity index (χ3v) is 4.81. The van der Waals surface area contributed by atoms with Crippen LogP contribution in [-0.2, 0) is 9.47 Å². The number of nitrogens with zero attached hydrogens (tertiary/aromatic N) is 3. The zero-order valence-electron chi connectivity index (χ0n) is 17.2. The minimum Gasteiger partial charge on any atom is -0.507 e. The predicted octanol–water partition coefficient (Wildman–Crippen LogP) is 3.34. The number of carbonyl (C=O) groups excluding carboxylic acids is 2. The molecule has 10 nitrogen and oxygen atoms in total. The molecular weight excluding hydrogens is 406 g/mol. The van der Waals surface area contributed by atoms with Crippen LogP contribution in [0.3, 0.4) is 0 Å². The van der Waals surface area contributed by atoms with Gasteiger partial charge in [0.1, 0.15) is 17.0 Å². The highest BCUT2D eigenvalue weighted by molar-refractivity contribution is 6.07. The van der Waals surface area contributed by atoms with Crippen molar-refractivity contribution in [3.8, 4) is 22.7 Å². The molecule has 0 fully saturated rings. The number of ether oxygens (including phenoxy) is 2. The van der Waals surface area contributed by atoms with Gasteiger partial charge < -0.3 is 14.6 Å². The fourth-order valence-corrected chi connectivity index (χ4v) is 3.29. The topological polar surface area (TPSA) is 134 Å². The maximum atomic E-state index is 12.7. The Morgan fingerprint density at radius 2 is 1.71 bits per heavy atom. The van der Waals surface area contributed by atoms with Crippen LogP contribution >= 0.6 is 0 Å². The van der Waals surface area contributed by atoms with Crippen LogP contribution in [0.5, 0.6) is 5.75 Å². The lowest BCUT2D eigenvalue weighted by atomic mass is 9.96. The molecule has 10 heteroatoms. The van der Waals surface area contributed by atoms with Crippen LogP contribution in [0.25, 0.3) is 16.9 Å². The fraction of sp³-hybridized carbons (Fsp3) is 0.190. The van der Waals surface area contributed by atoms with Gasteiger partial charge in [0, 0.05) is 11.6 Å². The highest BCUT2D eigenvalue weighted by Gasteiger charge is 2.34. The summed E-state index contributed by atoms with van der Waals surface area (Å²) in [5.74, 6) is -2.09. The molecule has 0 atom stereocenters. The van der Waals surface area contributed by atoms with E-state index in [9.17, 15) is 24.8 Å². The number of benzene rings is 2. The summed E-state index contributed by atoms with van der Waals surface area (Å²) in [5, 5.41) is 26.7. The third-order valence-electron chi connectivity index (χ3n) is 4.81. The fourth-order valence-electron chi connectivity index (χ4n) is 3.29. The zero-order chi connectivity index (χ0) is 22.9. The number of phenols is 1. The van der Waals surface area contributed by atoms with Gasteiger partial charge in [0.2, 0.25) is 0 Å². The summed E-state index contributed by atoms with van der Waals surface area (Å²) < 4.78 is 10.9. The molecule has 0 aliphatic heterocycles. The van der Waals surface area contributed by atoms with Crippen molar-refractivity contribution >= 4 is 17.6 Å². The maximum absolute atomic E-state index is 12.7. The van der Waals surface area contributed by atoms with Crippen molar-refractivity contribution in [2.24, 2.45) is 0 Å². The van der Waals surface area contributed by atoms with Crippen LogP contribution < -0.4 is 0 Å². The van der Waals surface area contributed by atoms with Crippen LogP contribution in [0.4, 0.5) is 5.69 Å². The molecule has 1 heterocycles. The molecule has 31 heavy (non-hydrogen) atoms. The van der Waals surface area contributed by atoms with Crippen molar-refractivity contribution in [1.82, 2.24) is 9.78 Å². The Kier molecular flexibility index (Phi) is 5.73. The molecule has 3 aromatic rings. The van der Waals surface area contributed by atoms with Crippen LogP contribution in [0.15, 0.2) is 36.4 Å². The molecule has 0 aliphatic carbocycles. The second-order valence-corrected chi connectivity index (χ2v) is 6.62. The van der Waals surface area contributed by atoms with Gasteiger partial charge in [0.25, 0.3) is 5.69 Å². The van der Waals surface area contributed by atoms with Gasteiger partial charge in [-0.2, -0.15) is 5.10 Å². The van der Waals surface area contributed by atoms with Crippen molar-refractivity contribution in [3.63, 3.8) is 0 Å². The smallest absolute Gasteiger partial charge is 0.357 e. The van der Waals surface area contributed by atoms with E-state index in [2.05, 4.69) is 5.10 Å². The van der Waals surface area contributed by atoms with E-state index in [-0.39, 0.29) is 45.1 Å². The lowest BCUT2D eigenvalue weighted by Crippen LogP contribution is -2.15. The van der Waals surface area contributed by atoms with Crippen LogP contribution in [0.1, 0.15) is 32.0 Å². The highest BCUT2D eigenvalue weighted by Crippen LogP contribution is 2.42. The number of rotatable bonds is 5. The molecule has 160 valence electrons. The molecule has 1 N–H and O–H groups in total. The number of aromatic hydroxyl groups is 1. The molecule has 0 saturated heterocycles. The number of methoxy groups -OCH3 is 2. The number of phenolic OH excluding ortho intramolecular Hbond substituents is 1. The molecular formula is C21H19N3O7. The minimum absolute atomic E-state index is 0.0491. The number of aryl methyl sites for hydroxylation is 1. The quantitative estimate of drug-likeness (QED) is 0.374. The number of nitro benzene ring substituents is 1. The van der Waals surface area contributed by atoms with Crippen LogP contribution in [0.2, 0.25) is 0 Å². The zero-order valence-corrected chi connectivity index (χ0v) is 17.2. The Balaban J connectivity index is 2.50. The summed E-state index contributed by atoms with van der Waals surface area (Å²) in [6.45, 7) is 2.91. The molecule has 0 unspecified atom stereocenters. The van der Waals surface area contributed by atoms with Gasteiger partial charge in [-0.15, -0.1) is 0 Å². The molecule has 0 saturated carbocycles. The van der Waals surface area contributed by atoms with Crippen molar-refractivity contribution in [3.05, 3.63) is 68.9 Å². The van der Waals surface area contributed by atoms with Crippen molar-refractivity contribution in [2.45, 2.75) is 13.8 Å². The molecule has 3 rings (SSSR count). The van der Waals surface area contributed by atoms with Gasteiger partial charge in [-0.1, -0.05) is 18.2 Å². The number of para-hydroxylation sites is 1. The normalized spacial score (nSPS) is 10.6. The van der Waals surface area contributed by atoms with Gasteiger partial charge >= 0.3 is 11.9 Å². The molecule has 0 spiro atoms. The van der Waals surface area contributed by atoms with Crippen molar-refractivity contribution in [1.29, 1.82) is 0 Å². The van der Waals surface area contributed by atoms with E-state index in [1.807, 2.05) is 0 Å². The average molecular weight is 425 g/mol. The first-order chi connectivity index (χ1) is 14.7. The predicted molar refractivity (Wildman–Crippen MR) is 109 cm³/mol. The van der Waals surface area contributed by atoms with E-state index >= 15 is 0 Å². The number of esters is 2. The first-order valence-corrected chi connectivity index (χ1v) is 9.05. The summed E-state index contributed by atoms with van der Waals surface area (Å²) in [5.41, 5.74) is -0.266. The SMILES string of the molecule is COC(=O)c1c(-c2c(C)c([N+](=O)[O-])cc(C)c2O)nn(-c2ccccc2)c1C(=O)OC. The van der Waals surface area contributed by atoms with E-state index in [1.165, 1.54) is 24.6 Å². The Bertz CT molecular complexity index is 1200. The molecule has 1 aromatic heterocycles. The Labute approximate surface area is 176 Å². The number of hydrogen-bond donors (Lipinski definition) is 1. The Morgan fingerprint density at radius 3 is 2.26 bits per heavy atom. The molecule has 2 aromatic carbocycles. The van der Waals surface area contributed by atoms with E-state index in [0.717, 1.165) is 14.2 Å². The maximum Gasteiger partial charge on any atom is 0.357 e. The molecule has 0 amide bonds. The second kappa shape index (κ2) is 8.27. The van der Waals surface area contributed by atoms with Crippen molar-refractivity contribution < 1.29 is 29.1 Å². The van der Waals surface area contributed by atoms with Gasteiger partial charge in [0.05, 0.1) is 30.4 Å². The summed E-state index contributed by atoms with van der Waals surface area (Å²) in [6, 6.07) is 9.69. The van der Waals surface area contributed by atoms with E-state index < -0.39 is 16.9 Å². The molecule has 0 aliphatic rings. The van der Waals surface area contributed by atoms with Gasteiger partial charge in [-0.05, 0) is 31.5 Å². The standard InChI is InChI=1S/C21H19N3O7/c1-11-10-14(24(28)29)12(2)15(19(11)25)17-16(20(26)30-3)18(21(27)31-4)23(22-17)13-8-6-5-7-9-13/h5-10,25H,1-4H3. The number of aromatic nitrogens is 2. The van der Waals surface area contributed by atoms with E-state index in [4.69, 9.17) is 9.47 Å². The van der Waals surface area contributed by atoms with Crippen LogP contribution in [-0.4, -0.2) is 46.0 Å². The van der Waals surface area contributed by atoms with Crippen LogP contribution in [0, 0.1) is 24.0 Å². The van der Waals surface area contributed by atoms with Gasteiger partial charge in [0.15, 0.2) is 5.69 Å². The molecule has 0 radical (unpaired) electrons. The monoisotopic (exact) mass is 425 g/mol. The highest BCUT2D eigenvalue weighted by atomic mass is 16.6. The van der Waals surface area contributed by atoms with Gasteiger partial charge in [-0.25, -0.2) is 14.3 Å². The first-order valence-electron chi connectivity index (χ1n) is 9.05. The lowest BCUT2D eigenvalue weighted by Gasteiger charge is -2.11. The Morgan fingerprint density at radius 1 is 1.10 bits per heavy atom. The van der Waals surface area contributed by atoms with E-state index in [0.29, 0.717) is 5.69 Å². The first kappa shape index (κ1) is 21.5. The van der Waals surface area contributed by atoms with Gasteiger partial charge in [-0.3, -0.25) is 10.1 Å². The second-order valence-electron chi connectivity index (χ2n) is 6.62. The van der Waals surface area contributed by atoms with E-state index in [1.54, 1.807) is 30.3 Å². The number of nitro groups is 1. The Hall–Kier alpha value is -4.21. The summed E-state index contributed by atoms with van der Waals surface area (Å²) in [6.07, 6.45) is 0. The average Bonchev–Trinajstić information content (AvgIpc) is 3.15. The number of carbonyl (C=O) groups is 2. The van der Waals surface area contributed by atoms with Crippen molar-refractivity contribution in [2.75, 3.05) is 14.2 Å². The third kappa shape index (κ3) is 3.59. The summed E-state index contributed by atoms with van der Waals surface area (Å²) >= 11 is 0. The lowest BCUT2D eigenvalue weighted by molar-refractivity contribution is -0.385. The summed E-state index contributed by atoms with van der Waals surface area (Å²) in [4.78, 5) is 36.3.